The number of ether oxygens (including phenoxy) is 1. The average molecular weight is 499 g/mol. The first-order chi connectivity index (χ1) is 16.6. The van der Waals surface area contributed by atoms with Crippen molar-refractivity contribution >= 4 is 33.2 Å². The number of aromatic nitrogens is 1. The molecule has 0 aliphatic rings. The van der Waals surface area contributed by atoms with Gasteiger partial charge in [-0.1, -0.05) is 19.2 Å². The number of pyridine rings is 1. The molecule has 0 bridgehead atoms. The van der Waals surface area contributed by atoms with Gasteiger partial charge in [0, 0.05) is 42.9 Å². The normalized spacial score (nSPS) is 11.9. The molecule has 0 fully saturated rings. The van der Waals surface area contributed by atoms with Gasteiger partial charge in [-0.25, -0.2) is 18.9 Å². The van der Waals surface area contributed by atoms with E-state index in [0.29, 0.717) is 16.7 Å². The van der Waals surface area contributed by atoms with Crippen LogP contribution in [0.5, 0.6) is 5.75 Å². The summed E-state index contributed by atoms with van der Waals surface area (Å²) in [5.41, 5.74) is 0.513. The number of anilines is 1. The molecule has 0 atom stereocenters. The average Bonchev–Trinajstić information content (AvgIpc) is 2.81. The van der Waals surface area contributed by atoms with Gasteiger partial charge in [-0.2, -0.15) is 8.42 Å². The van der Waals surface area contributed by atoms with E-state index in [9.17, 15) is 17.6 Å². The fourth-order valence-electron chi connectivity index (χ4n) is 3.12. The minimum atomic E-state index is -3.97. The Hall–Kier alpha value is -4.09. The monoisotopic (exact) mass is 498 g/mol. The largest absolute Gasteiger partial charge is 0.456 e. The van der Waals surface area contributed by atoms with Crippen molar-refractivity contribution in [2.45, 2.75) is 13.3 Å². The molecule has 0 radical (unpaired) electrons. The van der Waals surface area contributed by atoms with Gasteiger partial charge >= 0.3 is 5.63 Å². The van der Waals surface area contributed by atoms with Crippen LogP contribution in [-0.4, -0.2) is 26.7 Å². The summed E-state index contributed by atoms with van der Waals surface area (Å²) in [6.07, 6.45) is 7.29. The molecule has 2 heterocycles. The third kappa shape index (κ3) is 6.28. The summed E-state index contributed by atoms with van der Waals surface area (Å²) in [6, 6.07) is 6.30. The van der Waals surface area contributed by atoms with E-state index in [1.807, 2.05) is 9.44 Å². The lowest BCUT2D eigenvalue weighted by atomic mass is 10.00. The number of allylic oxidation sites excluding steroid dienone is 3. The van der Waals surface area contributed by atoms with E-state index >= 15 is 0 Å². The molecule has 0 unspecified atom stereocenters. The van der Waals surface area contributed by atoms with E-state index in [2.05, 4.69) is 23.1 Å². The predicted octanol–water partition coefficient (Wildman–Crippen LogP) is 3.77. The molecule has 35 heavy (non-hydrogen) atoms. The maximum Gasteiger partial charge on any atom is 0.340 e. The molecule has 0 spiro atoms. The summed E-state index contributed by atoms with van der Waals surface area (Å²) in [7, 11) is -2.79. The molecule has 1 aromatic carbocycles. The number of aliphatic imine (C=N–C) groups is 1. The zero-order valence-corrected chi connectivity index (χ0v) is 19.9. The van der Waals surface area contributed by atoms with Crippen molar-refractivity contribution in [3.63, 3.8) is 0 Å². The number of nitrogens with zero attached hydrogens (tertiary/aromatic N) is 2. The van der Waals surface area contributed by atoms with E-state index < -0.39 is 27.5 Å². The molecule has 0 amide bonds. The molecule has 0 aliphatic carbocycles. The lowest BCUT2D eigenvalue weighted by Crippen LogP contribution is -2.27. The zero-order chi connectivity index (χ0) is 25.6. The Morgan fingerprint density at radius 1 is 1.34 bits per heavy atom. The SMILES string of the molecule is C=C/C=C\N=CC(=C)Oc1ccc2c(C)c(Cc3ccnc(NS(=O)(=O)NC)c3F)c(=O)oc2c1. The molecule has 11 heteroatoms. The highest BCUT2D eigenvalue weighted by Crippen LogP contribution is 2.27. The van der Waals surface area contributed by atoms with E-state index in [1.54, 1.807) is 37.3 Å². The van der Waals surface area contributed by atoms with E-state index in [4.69, 9.17) is 9.15 Å². The van der Waals surface area contributed by atoms with Crippen LogP contribution in [0.15, 0.2) is 81.9 Å². The van der Waals surface area contributed by atoms with Crippen molar-refractivity contribution in [1.82, 2.24) is 9.71 Å². The summed E-state index contributed by atoms with van der Waals surface area (Å²) in [6.45, 7) is 9.02. The number of hydrogen-bond acceptors (Lipinski definition) is 7. The number of aryl methyl sites for hydroxylation is 1. The van der Waals surface area contributed by atoms with E-state index in [-0.39, 0.29) is 28.9 Å². The van der Waals surface area contributed by atoms with Crippen LogP contribution in [0.1, 0.15) is 16.7 Å². The minimum Gasteiger partial charge on any atom is -0.456 e. The summed E-state index contributed by atoms with van der Waals surface area (Å²) >= 11 is 0. The number of fused-ring (bicyclic) bond motifs is 1. The van der Waals surface area contributed by atoms with Crippen LogP contribution in [0.25, 0.3) is 11.0 Å². The Morgan fingerprint density at radius 3 is 2.83 bits per heavy atom. The molecule has 0 saturated carbocycles. The van der Waals surface area contributed by atoms with Crippen molar-refractivity contribution in [2.75, 3.05) is 11.8 Å². The highest BCUT2D eigenvalue weighted by Gasteiger charge is 2.19. The zero-order valence-electron chi connectivity index (χ0n) is 19.0. The van der Waals surface area contributed by atoms with Gasteiger partial charge in [-0.3, -0.25) is 9.71 Å². The minimum absolute atomic E-state index is 0.0737. The van der Waals surface area contributed by atoms with E-state index in [1.165, 1.54) is 31.7 Å². The van der Waals surface area contributed by atoms with Crippen LogP contribution < -0.4 is 19.8 Å². The van der Waals surface area contributed by atoms with Gasteiger partial charge in [0.15, 0.2) is 11.6 Å². The number of benzene rings is 1. The first-order valence-electron chi connectivity index (χ1n) is 10.2. The lowest BCUT2D eigenvalue weighted by molar-refractivity contribution is 0.457. The van der Waals surface area contributed by atoms with Crippen LogP contribution >= 0.6 is 0 Å². The van der Waals surface area contributed by atoms with Crippen molar-refractivity contribution in [3.05, 3.63) is 101 Å². The van der Waals surface area contributed by atoms with Gasteiger partial charge in [0.1, 0.15) is 17.1 Å². The predicted molar refractivity (Wildman–Crippen MR) is 133 cm³/mol. The Bertz CT molecular complexity index is 1510. The van der Waals surface area contributed by atoms with Gasteiger partial charge in [0.05, 0.1) is 6.21 Å². The van der Waals surface area contributed by atoms with Crippen LogP contribution in [0.4, 0.5) is 10.2 Å². The molecular formula is C24H23FN4O5S. The summed E-state index contributed by atoms with van der Waals surface area (Å²) in [4.78, 5) is 20.5. The summed E-state index contributed by atoms with van der Waals surface area (Å²) in [5, 5.41) is 0.630. The Morgan fingerprint density at radius 2 is 2.11 bits per heavy atom. The number of hydrogen-bond donors (Lipinski definition) is 2. The Labute approximate surface area is 201 Å². The van der Waals surface area contributed by atoms with Gasteiger partial charge in [0.2, 0.25) is 0 Å². The molecule has 3 aromatic rings. The molecule has 2 aromatic heterocycles. The molecule has 182 valence electrons. The fraction of sp³-hybridized carbons (Fsp3) is 0.125. The van der Waals surface area contributed by atoms with Gasteiger partial charge in [0.25, 0.3) is 10.2 Å². The third-order valence-electron chi connectivity index (χ3n) is 4.87. The lowest BCUT2D eigenvalue weighted by Gasteiger charge is -2.12. The molecule has 3 rings (SSSR count). The number of halogens is 1. The van der Waals surface area contributed by atoms with E-state index in [0.717, 1.165) is 0 Å². The fourth-order valence-corrected chi connectivity index (χ4v) is 3.62. The first-order valence-corrected chi connectivity index (χ1v) is 11.7. The highest BCUT2D eigenvalue weighted by molar-refractivity contribution is 7.90. The summed E-state index contributed by atoms with van der Waals surface area (Å²) < 4.78 is 53.4. The second-order valence-electron chi connectivity index (χ2n) is 7.19. The maximum atomic E-state index is 14.9. The van der Waals surface area contributed by atoms with Crippen LogP contribution in [0.2, 0.25) is 0 Å². The molecule has 0 saturated heterocycles. The second-order valence-corrected chi connectivity index (χ2v) is 8.81. The molecule has 2 N–H and O–H groups in total. The van der Waals surface area contributed by atoms with Gasteiger partial charge in [-0.15, -0.1) is 0 Å². The van der Waals surface area contributed by atoms with Gasteiger partial charge < -0.3 is 9.15 Å². The van der Waals surface area contributed by atoms with Crippen LogP contribution in [-0.2, 0) is 16.6 Å². The maximum absolute atomic E-state index is 14.9. The van der Waals surface area contributed by atoms with Crippen LogP contribution in [0, 0.1) is 12.7 Å². The Kier molecular flexibility index (Phi) is 7.94. The Balaban J connectivity index is 1.90. The van der Waals surface area contributed by atoms with Gasteiger partial charge in [-0.05, 0) is 42.3 Å². The highest BCUT2D eigenvalue weighted by atomic mass is 32.2. The van der Waals surface area contributed by atoms with Crippen molar-refractivity contribution < 1.29 is 22.0 Å². The molecule has 9 nitrogen and oxygen atoms in total. The number of rotatable bonds is 10. The molecular weight excluding hydrogens is 475 g/mol. The first kappa shape index (κ1) is 25.5. The van der Waals surface area contributed by atoms with Crippen molar-refractivity contribution in [3.8, 4) is 5.75 Å². The topological polar surface area (TPSA) is 123 Å². The quantitative estimate of drug-likeness (QED) is 0.190. The van der Waals surface area contributed by atoms with Crippen molar-refractivity contribution in [2.24, 2.45) is 4.99 Å². The van der Waals surface area contributed by atoms with Crippen molar-refractivity contribution in [1.29, 1.82) is 0 Å². The standard InChI is InChI=1S/C24H23FN4O5S/c1-5-6-10-27-14-15(2)33-18-7-8-19-16(3)20(24(30)34-21(19)13-18)12-17-9-11-28-23(22(17)25)29-35(31,32)26-4/h5-11,13-14,26H,1-2,12H2,3-4H3,(H,28,29)/b10-6-,27-14?. The summed E-state index contributed by atoms with van der Waals surface area (Å²) in [5.74, 6) is -0.715. The number of nitrogens with one attached hydrogen (secondary N) is 2. The van der Waals surface area contributed by atoms with Crippen LogP contribution in [0.3, 0.4) is 0 Å². The second kappa shape index (κ2) is 10.9. The molecule has 0 aliphatic heterocycles. The third-order valence-corrected chi connectivity index (χ3v) is 5.87. The smallest absolute Gasteiger partial charge is 0.340 e.